The lowest BCUT2D eigenvalue weighted by Gasteiger charge is -2.04. The topological polar surface area (TPSA) is 64.5 Å². The SMILES string of the molecule is N#Cc1cccc(CNCCCc2ncc[nH]2)c1. The van der Waals surface area contributed by atoms with Crippen molar-refractivity contribution >= 4 is 0 Å². The molecule has 2 rings (SSSR count). The molecule has 0 saturated carbocycles. The molecule has 0 bridgehead atoms. The van der Waals surface area contributed by atoms with Crippen LogP contribution in [-0.2, 0) is 13.0 Å². The summed E-state index contributed by atoms with van der Waals surface area (Å²) < 4.78 is 0. The van der Waals surface area contributed by atoms with Crippen LogP contribution >= 0.6 is 0 Å². The zero-order valence-corrected chi connectivity index (χ0v) is 10.2. The molecule has 0 unspecified atom stereocenters. The molecule has 1 heterocycles. The van der Waals surface area contributed by atoms with Crippen molar-refractivity contribution in [1.29, 1.82) is 5.26 Å². The first-order valence-electron chi connectivity index (χ1n) is 6.06. The summed E-state index contributed by atoms with van der Waals surface area (Å²) >= 11 is 0. The fraction of sp³-hybridized carbons (Fsp3) is 0.286. The predicted octanol–water partition coefficient (Wildman–Crippen LogP) is 2.00. The number of H-pyrrole nitrogens is 1. The number of nitriles is 1. The van der Waals surface area contributed by atoms with E-state index in [4.69, 9.17) is 5.26 Å². The molecule has 0 aliphatic rings. The van der Waals surface area contributed by atoms with E-state index in [2.05, 4.69) is 21.4 Å². The maximum Gasteiger partial charge on any atom is 0.106 e. The molecule has 1 aromatic heterocycles. The quantitative estimate of drug-likeness (QED) is 0.759. The number of hydrogen-bond donors (Lipinski definition) is 2. The van der Waals surface area contributed by atoms with Gasteiger partial charge in [0.25, 0.3) is 0 Å². The summed E-state index contributed by atoms with van der Waals surface area (Å²) in [5.74, 6) is 1.03. The average molecular weight is 240 g/mol. The van der Waals surface area contributed by atoms with Gasteiger partial charge in [-0.05, 0) is 30.7 Å². The highest BCUT2D eigenvalue weighted by Crippen LogP contribution is 2.03. The fourth-order valence-electron chi connectivity index (χ4n) is 1.80. The summed E-state index contributed by atoms with van der Waals surface area (Å²) in [6.07, 6.45) is 5.62. The summed E-state index contributed by atoms with van der Waals surface area (Å²) in [6.45, 7) is 1.74. The number of rotatable bonds is 6. The summed E-state index contributed by atoms with van der Waals surface area (Å²) in [5.41, 5.74) is 1.86. The Bertz CT molecular complexity index is 511. The minimum Gasteiger partial charge on any atom is -0.349 e. The van der Waals surface area contributed by atoms with E-state index in [0.717, 1.165) is 37.3 Å². The Hall–Kier alpha value is -2.12. The van der Waals surface area contributed by atoms with Crippen molar-refractivity contribution in [1.82, 2.24) is 15.3 Å². The Morgan fingerprint density at radius 3 is 3.11 bits per heavy atom. The smallest absolute Gasteiger partial charge is 0.106 e. The normalized spacial score (nSPS) is 10.2. The van der Waals surface area contributed by atoms with E-state index < -0.39 is 0 Å². The molecule has 18 heavy (non-hydrogen) atoms. The van der Waals surface area contributed by atoms with Crippen LogP contribution in [0.2, 0.25) is 0 Å². The van der Waals surface area contributed by atoms with Crippen LogP contribution in [0.1, 0.15) is 23.4 Å². The first-order chi connectivity index (χ1) is 8.88. The number of imidazole rings is 1. The lowest BCUT2D eigenvalue weighted by atomic mass is 10.1. The van der Waals surface area contributed by atoms with Crippen molar-refractivity contribution in [2.24, 2.45) is 0 Å². The minimum atomic E-state index is 0.713. The van der Waals surface area contributed by atoms with Gasteiger partial charge < -0.3 is 10.3 Å². The largest absolute Gasteiger partial charge is 0.349 e. The molecule has 0 aliphatic heterocycles. The minimum absolute atomic E-state index is 0.713. The highest BCUT2D eigenvalue weighted by molar-refractivity contribution is 5.32. The molecular formula is C14H16N4. The van der Waals surface area contributed by atoms with Gasteiger partial charge in [0.2, 0.25) is 0 Å². The van der Waals surface area contributed by atoms with Crippen LogP contribution < -0.4 is 5.32 Å². The fourth-order valence-corrected chi connectivity index (χ4v) is 1.80. The Kier molecular flexibility index (Phi) is 4.51. The van der Waals surface area contributed by atoms with E-state index in [0.29, 0.717) is 5.56 Å². The number of nitrogens with zero attached hydrogens (tertiary/aromatic N) is 2. The Morgan fingerprint density at radius 1 is 1.39 bits per heavy atom. The number of benzene rings is 1. The maximum atomic E-state index is 8.80. The zero-order valence-electron chi connectivity index (χ0n) is 10.2. The van der Waals surface area contributed by atoms with Gasteiger partial charge in [0.05, 0.1) is 11.6 Å². The molecule has 0 radical (unpaired) electrons. The second kappa shape index (κ2) is 6.58. The van der Waals surface area contributed by atoms with E-state index in [9.17, 15) is 0 Å². The van der Waals surface area contributed by atoms with Crippen molar-refractivity contribution in [3.05, 3.63) is 53.6 Å². The van der Waals surface area contributed by atoms with Crippen LogP contribution in [0.15, 0.2) is 36.7 Å². The van der Waals surface area contributed by atoms with Crippen molar-refractivity contribution in [3.63, 3.8) is 0 Å². The van der Waals surface area contributed by atoms with Crippen LogP contribution in [0.25, 0.3) is 0 Å². The van der Waals surface area contributed by atoms with Crippen LogP contribution in [0.4, 0.5) is 0 Å². The third-order valence-corrected chi connectivity index (χ3v) is 2.71. The molecule has 0 spiro atoms. The number of aryl methyl sites for hydroxylation is 1. The highest BCUT2D eigenvalue weighted by atomic mass is 14.9. The molecule has 0 amide bonds. The van der Waals surface area contributed by atoms with Gasteiger partial charge in [0, 0.05) is 25.4 Å². The number of nitrogens with one attached hydrogen (secondary N) is 2. The Balaban J connectivity index is 1.67. The molecule has 4 nitrogen and oxygen atoms in total. The van der Waals surface area contributed by atoms with E-state index in [1.165, 1.54) is 0 Å². The van der Waals surface area contributed by atoms with Crippen LogP contribution in [-0.4, -0.2) is 16.5 Å². The van der Waals surface area contributed by atoms with Gasteiger partial charge >= 0.3 is 0 Å². The van der Waals surface area contributed by atoms with Gasteiger partial charge in [0.1, 0.15) is 5.82 Å². The lowest BCUT2D eigenvalue weighted by Crippen LogP contribution is -2.15. The van der Waals surface area contributed by atoms with Crippen molar-refractivity contribution in [3.8, 4) is 6.07 Å². The molecule has 0 aliphatic carbocycles. The third-order valence-electron chi connectivity index (χ3n) is 2.71. The average Bonchev–Trinajstić information content (AvgIpc) is 2.92. The third kappa shape index (κ3) is 3.72. The molecular weight excluding hydrogens is 224 g/mol. The van der Waals surface area contributed by atoms with Crippen molar-refractivity contribution < 1.29 is 0 Å². The molecule has 2 aromatic rings. The van der Waals surface area contributed by atoms with Gasteiger partial charge in [-0.25, -0.2) is 4.98 Å². The first-order valence-corrected chi connectivity index (χ1v) is 6.06. The molecule has 2 N–H and O–H groups in total. The highest BCUT2D eigenvalue weighted by Gasteiger charge is 1.96. The number of aromatic amines is 1. The van der Waals surface area contributed by atoms with Crippen LogP contribution in [0.5, 0.6) is 0 Å². The molecule has 0 saturated heterocycles. The Labute approximate surface area is 107 Å². The lowest BCUT2D eigenvalue weighted by molar-refractivity contribution is 0.641. The molecule has 1 aromatic carbocycles. The summed E-state index contributed by atoms with van der Waals surface area (Å²) in [4.78, 5) is 7.26. The van der Waals surface area contributed by atoms with Crippen LogP contribution in [0.3, 0.4) is 0 Å². The monoisotopic (exact) mass is 240 g/mol. The van der Waals surface area contributed by atoms with Crippen molar-refractivity contribution in [2.45, 2.75) is 19.4 Å². The van der Waals surface area contributed by atoms with Gasteiger partial charge in [-0.2, -0.15) is 5.26 Å². The van der Waals surface area contributed by atoms with Gasteiger partial charge in [-0.1, -0.05) is 12.1 Å². The van der Waals surface area contributed by atoms with Crippen LogP contribution in [0, 0.1) is 11.3 Å². The van der Waals surface area contributed by atoms with Gasteiger partial charge in [-0.15, -0.1) is 0 Å². The Morgan fingerprint density at radius 2 is 2.33 bits per heavy atom. The second-order valence-corrected chi connectivity index (χ2v) is 4.13. The van der Waals surface area contributed by atoms with E-state index in [-0.39, 0.29) is 0 Å². The van der Waals surface area contributed by atoms with Gasteiger partial charge in [-0.3, -0.25) is 0 Å². The zero-order chi connectivity index (χ0) is 12.6. The summed E-state index contributed by atoms with van der Waals surface area (Å²) in [5, 5.41) is 12.2. The van der Waals surface area contributed by atoms with E-state index in [1.54, 1.807) is 6.20 Å². The second-order valence-electron chi connectivity index (χ2n) is 4.13. The maximum absolute atomic E-state index is 8.80. The van der Waals surface area contributed by atoms with Gasteiger partial charge in [0.15, 0.2) is 0 Å². The molecule has 0 fully saturated rings. The first kappa shape index (κ1) is 12.3. The standard InChI is InChI=1S/C14H16N4/c15-10-12-3-1-4-13(9-12)11-16-6-2-5-14-17-7-8-18-14/h1,3-4,7-9,16H,2,5-6,11H2,(H,17,18). The van der Waals surface area contributed by atoms with E-state index in [1.807, 2.05) is 30.5 Å². The molecule has 4 heteroatoms. The number of aromatic nitrogens is 2. The number of hydrogen-bond acceptors (Lipinski definition) is 3. The summed E-state index contributed by atoms with van der Waals surface area (Å²) in [6, 6.07) is 9.83. The van der Waals surface area contributed by atoms with Crippen molar-refractivity contribution in [2.75, 3.05) is 6.54 Å². The molecule has 0 atom stereocenters. The summed E-state index contributed by atoms with van der Waals surface area (Å²) in [7, 11) is 0. The predicted molar refractivity (Wildman–Crippen MR) is 69.8 cm³/mol. The van der Waals surface area contributed by atoms with E-state index >= 15 is 0 Å². The molecule has 92 valence electrons.